The summed E-state index contributed by atoms with van der Waals surface area (Å²) in [6, 6.07) is 5.04. The number of benzene rings is 1. The monoisotopic (exact) mass is 331 g/mol. The molecule has 0 saturated carbocycles. The second-order valence-corrected chi connectivity index (χ2v) is 5.55. The quantitative estimate of drug-likeness (QED) is 0.837. The zero-order valence-electron chi connectivity index (χ0n) is 12.3. The van der Waals surface area contributed by atoms with Gasteiger partial charge in [-0.15, -0.1) is 0 Å². The number of hydrogen-bond acceptors (Lipinski definition) is 5. The molecule has 23 heavy (non-hydrogen) atoms. The lowest BCUT2D eigenvalue weighted by atomic mass is 9.80. The van der Waals surface area contributed by atoms with E-state index in [0.29, 0.717) is 17.5 Å². The molecule has 0 bridgehead atoms. The summed E-state index contributed by atoms with van der Waals surface area (Å²) in [7, 11) is 0. The first-order valence-electron chi connectivity index (χ1n) is 7.27. The molecule has 0 radical (unpaired) electrons. The van der Waals surface area contributed by atoms with Gasteiger partial charge in [-0.2, -0.15) is 18.2 Å². The Morgan fingerprint density at radius 1 is 1.48 bits per heavy atom. The first kappa shape index (κ1) is 16.2. The summed E-state index contributed by atoms with van der Waals surface area (Å²) in [6.45, 7) is 1.52. The third-order valence-corrected chi connectivity index (χ3v) is 4.25. The van der Waals surface area contributed by atoms with Gasteiger partial charge in [0.15, 0.2) is 0 Å². The molecule has 0 aromatic heterocycles. The van der Waals surface area contributed by atoms with Crippen LogP contribution in [0.2, 0.25) is 0 Å². The van der Waals surface area contributed by atoms with E-state index >= 15 is 0 Å². The van der Waals surface area contributed by atoms with Gasteiger partial charge in [0.2, 0.25) is 11.7 Å². The Kier molecular flexibility index (Phi) is 3.86. The summed E-state index contributed by atoms with van der Waals surface area (Å²) in [4.78, 5) is 17.1. The molecule has 126 valence electrons. The van der Waals surface area contributed by atoms with Gasteiger partial charge >= 0.3 is 12.1 Å². The SMILES string of the molecule is CCOC(=O)[C@@H]1ON2CCc3ccccc3[C@H]2[C@@]1(O)C(F)(F)F. The number of hydroxylamine groups is 2. The number of ether oxygens (including phenoxy) is 1. The number of aliphatic hydroxyl groups is 1. The van der Waals surface area contributed by atoms with Crippen molar-refractivity contribution >= 4 is 5.97 Å². The number of nitrogens with zero attached hydrogens (tertiary/aromatic N) is 1. The zero-order valence-corrected chi connectivity index (χ0v) is 12.3. The first-order chi connectivity index (χ1) is 10.8. The first-order valence-corrected chi connectivity index (χ1v) is 7.27. The Morgan fingerprint density at radius 3 is 2.83 bits per heavy atom. The topological polar surface area (TPSA) is 59.0 Å². The predicted molar refractivity (Wildman–Crippen MR) is 72.1 cm³/mol. The Hall–Kier alpha value is -1.64. The maximum Gasteiger partial charge on any atom is 0.422 e. The van der Waals surface area contributed by atoms with Crippen LogP contribution in [0.25, 0.3) is 0 Å². The minimum Gasteiger partial charge on any atom is -0.464 e. The largest absolute Gasteiger partial charge is 0.464 e. The lowest BCUT2D eigenvalue weighted by molar-refractivity contribution is -0.278. The van der Waals surface area contributed by atoms with Crippen molar-refractivity contribution in [3.05, 3.63) is 35.4 Å². The molecule has 0 amide bonds. The number of rotatable bonds is 2. The highest BCUT2D eigenvalue weighted by atomic mass is 19.4. The maximum atomic E-state index is 13.7. The molecule has 1 saturated heterocycles. The van der Waals surface area contributed by atoms with Crippen LogP contribution in [-0.2, 0) is 20.8 Å². The van der Waals surface area contributed by atoms with Gasteiger partial charge in [-0.1, -0.05) is 24.3 Å². The molecular formula is C15H16F3NO4. The van der Waals surface area contributed by atoms with Crippen molar-refractivity contribution in [1.82, 2.24) is 5.06 Å². The highest BCUT2D eigenvalue weighted by molar-refractivity contribution is 5.77. The van der Waals surface area contributed by atoms with Crippen LogP contribution in [0.5, 0.6) is 0 Å². The number of hydrogen-bond donors (Lipinski definition) is 1. The molecule has 2 aliphatic rings. The second-order valence-electron chi connectivity index (χ2n) is 5.55. The summed E-state index contributed by atoms with van der Waals surface area (Å²) in [5, 5.41) is 11.6. The van der Waals surface area contributed by atoms with E-state index in [2.05, 4.69) is 4.74 Å². The molecule has 3 atom stereocenters. The fourth-order valence-electron chi connectivity index (χ4n) is 3.22. The molecule has 1 N–H and O–H groups in total. The van der Waals surface area contributed by atoms with Crippen molar-refractivity contribution < 1.29 is 32.6 Å². The Balaban J connectivity index is 2.11. The number of esters is 1. The van der Waals surface area contributed by atoms with E-state index < -0.39 is 29.9 Å². The number of halogens is 3. The minimum absolute atomic E-state index is 0.103. The molecule has 1 aromatic rings. The van der Waals surface area contributed by atoms with Gasteiger partial charge in [0, 0.05) is 6.54 Å². The number of fused-ring (bicyclic) bond motifs is 3. The van der Waals surface area contributed by atoms with Crippen LogP contribution in [-0.4, -0.2) is 47.2 Å². The third kappa shape index (κ3) is 2.32. The van der Waals surface area contributed by atoms with Crippen molar-refractivity contribution in [1.29, 1.82) is 0 Å². The standard InChI is InChI=1S/C15H16F3NO4/c1-2-22-13(20)12-14(21,15(16,17)18)11-10-6-4-3-5-9(10)7-8-19(11)23-12/h3-6,11-12,21H,2,7-8H2,1H3/t11-,12-,14-/m0/s1. The molecule has 5 nitrogen and oxygen atoms in total. The molecule has 0 unspecified atom stereocenters. The van der Waals surface area contributed by atoms with Crippen LogP contribution in [0.1, 0.15) is 24.1 Å². The predicted octanol–water partition coefficient (Wildman–Crippen LogP) is 1.76. The smallest absolute Gasteiger partial charge is 0.422 e. The van der Waals surface area contributed by atoms with Gasteiger partial charge in [0.05, 0.1) is 6.61 Å². The van der Waals surface area contributed by atoms with Crippen molar-refractivity contribution in [3.8, 4) is 0 Å². The maximum absolute atomic E-state index is 13.7. The Morgan fingerprint density at radius 2 is 2.17 bits per heavy atom. The molecular weight excluding hydrogens is 315 g/mol. The van der Waals surface area contributed by atoms with Crippen LogP contribution >= 0.6 is 0 Å². The van der Waals surface area contributed by atoms with E-state index in [9.17, 15) is 23.1 Å². The average molecular weight is 331 g/mol. The van der Waals surface area contributed by atoms with Gasteiger partial charge in [0.1, 0.15) is 6.04 Å². The van der Waals surface area contributed by atoms with E-state index in [1.165, 1.54) is 13.0 Å². The Labute approximate surface area is 130 Å². The summed E-state index contributed by atoms with van der Waals surface area (Å²) >= 11 is 0. The summed E-state index contributed by atoms with van der Waals surface area (Å²) in [5.74, 6) is -1.22. The normalized spacial score (nSPS) is 30.7. The van der Waals surface area contributed by atoms with Crippen molar-refractivity contribution in [2.75, 3.05) is 13.2 Å². The molecule has 2 heterocycles. The van der Waals surface area contributed by atoms with Crippen molar-refractivity contribution in [3.63, 3.8) is 0 Å². The van der Waals surface area contributed by atoms with Crippen LogP contribution in [0.3, 0.4) is 0 Å². The minimum atomic E-state index is -5.06. The average Bonchev–Trinajstić information content (AvgIpc) is 2.82. The van der Waals surface area contributed by atoms with Gasteiger partial charge < -0.3 is 9.84 Å². The molecule has 0 aliphatic carbocycles. The second kappa shape index (κ2) is 5.47. The summed E-state index contributed by atoms with van der Waals surface area (Å²) < 4.78 is 45.7. The lowest BCUT2D eigenvalue weighted by Crippen LogP contribution is -2.58. The van der Waals surface area contributed by atoms with E-state index in [1.54, 1.807) is 18.2 Å². The Bertz CT molecular complexity index is 621. The zero-order chi connectivity index (χ0) is 16.8. The molecule has 1 aromatic carbocycles. The summed E-state index contributed by atoms with van der Waals surface area (Å²) in [6.07, 6.45) is -6.73. The van der Waals surface area contributed by atoms with E-state index in [-0.39, 0.29) is 13.2 Å². The third-order valence-electron chi connectivity index (χ3n) is 4.25. The van der Waals surface area contributed by atoms with Gasteiger partial charge in [-0.05, 0) is 24.5 Å². The molecule has 1 fully saturated rings. The highest BCUT2D eigenvalue weighted by Gasteiger charge is 2.73. The van der Waals surface area contributed by atoms with Crippen LogP contribution < -0.4 is 0 Å². The highest BCUT2D eigenvalue weighted by Crippen LogP contribution is 2.53. The van der Waals surface area contributed by atoms with Crippen molar-refractivity contribution in [2.24, 2.45) is 0 Å². The number of alkyl halides is 3. The van der Waals surface area contributed by atoms with Crippen LogP contribution in [0.4, 0.5) is 13.2 Å². The summed E-state index contributed by atoms with van der Waals surface area (Å²) in [5.41, 5.74) is -2.36. The number of carbonyl (C=O) groups is 1. The fraction of sp³-hybridized carbons (Fsp3) is 0.533. The lowest BCUT2D eigenvalue weighted by Gasteiger charge is -2.37. The van der Waals surface area contributed by atoms with Crippen LogP contribution in [0, 0.1) is 0 Å². The van der Waals surface area contributed by atoms with Gasteiger partial charge in [0.25, 0.3) is 0 Å². The fourth-order valence-corrected chi connectivity index (χ4v) is 3.22. The number of carbonyl (C=O) groups excluding carboxylic acids is 1. The van der Waals surface area contributed by atoms with Gasteiger partial charge in [-0.25, -0.2) is 4.79 Å². The van der Waals surface area contributed by atoms with Crippen molar-refractivity contribution in [2.45, 2.75) is 37.3 Å². The van der Waals surface area contributed by atoms with E-state index in [4.69, 9.17) is 4.84 Å². The molecule has 2 aliphatic heterocycles. The molecule has 0 spiro atoms. The van der Waals surface area contributed by atoms with Gasteiger partial charge in [-0.3, -0.25) is 4.84 Å². The van der Waals surface area contributed by atoms with E-state index in [1.807, 2.05) is 0 Å². The van der Waals surface area contributed by atoms with E-state index in [0.717, 1.165) is 5.06 Å². The molecule has 8 heteroatoms. The van der Waals surface area contributed by atoms with Crippen LogP contribution in [0.15, 0.2) is 24.3 Å². The molecule has 3 rings (SSSR count).